The van der Waals surface area contributed by atoms with Gasteiger partial charge in [-0.1, -0.05) is 62.4 Å². The van der Waals surface area contributed by atoms with E-state index in [0.29, 0.717) is 23.6 Å². The molecule has 3 N–H and O–H groups in total. The number of hydrogen-bond acceptors (Lipinski definition) is 3. The molecule has 1 aromatic carbocycles. The summed E-state index contributed by atoms with van der Waals surface area (Å²) in [5.74, 6) is 0.406. The zero-order chi connectivity index (χ0) is 17.9. The van der Waals surface area contributed by atoms with Crippen molar-refractivity contribution in [3.8, 4) is 16.9 Å². The normalized spacial score (nSPS) is 15.9. The van der Waals surface area contributed by atoms with Gasteiger partial charge in [0.2, 0.25) is 0 Å². The maximum Gasteiger partial charge on any atom is 0.524 e. The van der Waals surface area contributed by atoms with Crippen LogP contribution in [-0.2, 0) is 11.0 Å². The number of aromatic nitrogens is 1. The van der Waals surface area contributed by atoms with Crippen LogP contribution < -0.4 is 10.1 Å². The lowest BCUT2D eigenvalue weighted by Crippen LogP contribution is -2.17. The smallest absolute Gasteiger partial charge is 0.403 e. The number of aromatic amines is 1. The molecule has 1 heterocycles. The Bertz CT molecular complexity index is 821. The molecule has 134 valence electrons. The van der Waals surface area contributed by atoms with E-state index in [1.54, 1.807) is 36.4 Å². The molecule has 6 nitrogen and oxygen atoms in total. The first-order valence-electron chi connectivity index (χ1n) is 8.49. The largest absolute Gasteiger partial charge is 0.524 e. The van der Waals surface area contributed by atoms with Gasteiger partial charge in [0.25, 0.3) is 5.56 Å². The fourth-order valence-corrected chi connectivity index (χ4v) is 3.88. The zero-order valence-electron chi connectivity index (χ0n) is 13.9. The van der Waals surface area contributed by atoms with Crippen LogP contribution >= 0.6 is 7.82 Å². The summed E-state index contributed by atoms with van der Waals surface area (Å²) in [7, 11) is -4.77. The van der Waals surface area contributed by atoms with Crippen LogP contribution in [0.3, 0.4) is 0 Å². The first kappa shape index (κ1) is 17.9. The van der Waals surface area contributed by atoms with E-state index < -0.39 is 13.4 Å². The van der Waals surface area contributed by atoms with Gasteiger partial charge in [-0.2, -0.15) is 0 Å². The number of phosphoric acid groups is 1. The summed E-state index contributed by atoms with van der Waals surface area (Å²) in [4.78, 5) is 33.9. The van der Waals surface area contributed by atoms with Crippen molar-refractivity contribution in [3.05, 3.63) is 52.4 Å². The maximum atomic E-state index is 12.6. The molecule has 7 heteroatoms. The van der Waals surface area contributed by atoms with Gasteiger partial charge in [-0.25, -0.2) is 4.57 Å². The Labute approximate surface area is 146 Å². The molecule has 0 atom stereocenters. The topological polar surface area (TPSA) is 99.6 Å². The van der Waals surface area contributed by atoms with E-state index in [2.05, 4.69) is 4.98 Å². The Morgan fingerprint density at radius 1 is 1.12 bits per heavy atom. The predicted octanol–water partition coefficient (Wildman–Crippen LogP) is 3.64. The van der Waals surface area contributed by atoms with Gasteiger partial charge < -0.3 is 9.51 Å². The first-order chi connectivity index (χ1) is 11.9. The van der Waals surface area contributed by atoms with Crippen LogP contribution in [0.15, 0.2) is 41.2 Å². The standard InChI is InChI=1S/C18H22NO5P/c20-18-17(14-9-5-2-6-10-14)16(24-25(21,22)23)12-15(19-18)11-13-7-3-1-4-8-13/h2,5-6,9-10,12-13H,1,3-4,7-8,11H2,(H,19,20)(H2,21,22,23). The Morgan fingerprint density at radius 3 is 2.44 bits per heavy atom. The van der Waals surface area contributed by atoms with Crippen LogP contribution in [0.1, 0.15) is 37.8 Å². The predicted molar refractivity (Wildman–Crippen MR) is 95.4 cm³/mol. The molecule has 1 fully saturated rings. The highest BCUT2D eigenvalue weighted by Crippen LogP contribution is 2.41. The number of hydrogen-bond donors (Lipinski definition) is 3. The molecule has 0 spiro atoms. The second-order valence-electron chi connectivity index (χ2n) is 6.52. The van der Waals surface area contributed by atoms with Crippen LogP contribution in [0.25, 0.3) is 11.1 Å². The molecule has 0 unspecified atom stereocenters. The summed E-state index contributed by atoms with van der Waals surface area (Å²) in [6.45, 7) is 0. The van der Waals surface area contributed by atoms with Gasteiger partial charge >= 0.3 is 7.82 Å². The molecule has 1 aliphatic carbocycles. The lowest BCUT2D eigenvalue weighted by Gasteiger charge is -2.22. The number of pyridine rings is 1. The third-order valence-corrected chi connectivity index (χ3v) is 5.00. The highest BCUT2D eigenvalue weighted by atomic mass is 31.2. The maximum absolute atomic E-state index is 12.6. The molecule has 1 aromatic heterocycles. The summed E-state index contributed by atoms with van der Waals surface area (Å²) >= 11 is 0. The van der Waals surface area contributed by atoms with Gasteiger partial charge in [0.15, 0.2) is 0 Å². The molecule has 0 bridgehead atoms. The summed E-state index contributed by atoms with van der Waals surface area (Å²) in [6, 6.07) is 10.3. The van der Waals surface area contributed by atoms with E-state index >= 15 is 0 Å². The second-order valence-corrected chi connectivity index (χ2v) is 7.68. The van der Waals surface area contributed by atoms with Crippen molar-refractivity contribution < 1.29 is 18.9 Å². The van der Waals surface area contributed by atoms with Gasteiger partial charge in [0, 0.05) is 11.8 Å². The number of H-pyrrole nitrogens is 1. The van der Waals surface area contributed by atoms with Gasteiger partial charge in [0.1, 0.15) is 5.75 Å². The summed E-state index contributed by atoms with van der Waals surface area (Å²) < 4.78 is 16.2. The van der Waals surface area contributed by atoms with E-state index in [4.69, 9.17) is 4.52 Å². The molecule has 0 amide bonds. The lowest BCUT2D eigenvalue weighted by molar-refractivity contribution is 0.283. The first-order valence-corrected chi connectivity index (χ1v) is 10.0. The average Bonchev–Trinajstić information content (AvgIpc) is 2.55. The minimum absolute atomic E-state index is 0.0749. The minimum atomic E-state index is -4.77. The molecule has 2 aromatic rings. The molecule has 1 aliphatic rings. The van der Waals surface area contributed by atoms with Crippen molar-refractivity contribution in [2.75, 3.05) is 0 Å². The van der Waals surface area contributed by atoms with Crippen LogP contribution in [0.2, 0.25) is 0 Å². The number of benzene rings is 1. The Morgan fingerprint density at radius 2 is 1.80 bits per heavy atom. The van der Waals surface area contributed by atoms with Crippen molar-refractivity contribution in [1.29, 1.82) is 0 Å². The summed E-state index contributed by atoms with van der Waals surface area (Å²) in [6.07, 6.45) is 6.51. The van der Waals surface area contributed by atoms with Crippen molar-refractivity contribution >= 4 is 7.82 Å². The van der Waals surface area contributed by atoms with Crippen LogP contribution in [0.5, 0.6) is 5.75 Å². The van der Waals surface area contributed by atoms with Gasteiger partial charge in [-0.15, -0.1) is 0 Å². The molecule has 0 aliphatic heterocycles. The summed E-state index contributed by atoms with van der Waals surface area (Å²) in [5.41, 5.74) is 0.940. The molecular formula is C18H22NO5P. The monoisotopic (exact) mass is 363 g/mol. The summed E-state index contributed by atoms with van der Waals surface area (Å²) in [5, 5.41) is 0. The lowest BCUT2D eigenvalue weighted by atomic mass is 9.86. The van der Waals surface area contributed by atoms with Crippen LogP contribution in [0, 0.1) is 5.92 Å². The third-order valence-electron chi connectivity index (χ3n) is 4.57. The highest BCUT2D eigenvalue weighted by Gasteiger charge is 2.23. The van der Waals surface area contributed by atoms with Crippen molar-refractivity contribution in [1.82, 2.24) is 4.98 Å². The van der Waals surface area contributed by atoms with Gasteiger partial charge in [-0.3, -0.25) is 14.6 Å². The molecule has 0 radical (unpaired) electrons. The fraction of sp³-hybridized carbons (Fsp3) is 0.389. The SMILES string of the molecule is O=c1[nH]c(CC2CCCCC2)cc(OP(=O)(O)O)c1-c1ccccc1. The number of nitrogens with one attached hydrogen (secondary N) is 1. The average molecular weight is 363 g/mol. The zero-order valence-corrected chi connectivity index (χ0v) is 14.7. The van der Waals surface area contributed by atoms with Gasteiger partial charge in [-0.05, 0) is 17.9 Å². The van der Waals surface area contributed by atoms with E-state index in [0.717, 1.165) is 12.8 Å². The number of rotatable bonds is 5. The van der Waals surface area contributed by atoms with E-state index in [1.807, 2.05) is 0 Å². The Balaban J connectivity index is 2.00. The molecule has 0 saturated heterocycles. The second kappa shape index (κ2) is 7.56. The van der Waals surface area contributed by atoms with E-state index in [1.165, 1.54) is 19.3 Å². The van der Waals surface area contributed by atoms with Crippen LogP contribution in [-0.4, -0.2) is 14.8 Å². The fourth-order valence-electron chi connectivity index (χ4n) is 3.48. The van der Waals surface area contributed by atoms with Crippen LogP contribution in [0.4, 0.5) is 0 Å². The molecule has 3 rings (SSSR count). The van der Waals surface area contributed by atoms with Crippen molar-refractivity contribution in [2.24, 2.45) is 5.92 Å². The Kier molecular flexibility index (Phi) is 5.42. The van der Waals surface area contributed by atoms with Gasteiger partial charge in [0.05, 0.1) is 5.56 Å². The number of phosphoric ester groups is 1. The quantitative estimate of drug-likeness (QED) is 0.705. The Hall–Kier alpha value is -1.88. The highest BCUT2D eigenvalue weighted by molar-refractivity contribution is 7.46. The molecule has 1 saturated carbocycles. The molecule has 25 heavy (non-hydrogen) atoms. The van der Waals surface area contributed by atoms with Crippen molar-refractivity contribution in [3.63, 3.8) is 0 Å². The molecular weight excluding hydrogens is 341 g/mol. The van der Waals surface area contributed by atoms with E-state index in [-0.39, 0.29) is 11.3 Å². The third kappa shape index (κ3) is 4.82. The minimum Gasteiger partial charge on any atom is -0.403 e. The van der Waals surface area contributed by atoms with E-state index in [9.17, 15) is 19.1 Å². The van der Waals surface area contributed by atoms with Crippen molar-refractivity contribution in [2.45, 2.75) is 38.5 Å².